The zero-order valence-corrected chi connectivity index (χ0v) is 12.0. The van der Waals surface area contributed by atoms with E-state index in [1.165, 1.54) is 0 Å². The standard InChI is InChI=1S/C12H7Cl2FO4S/c13-7-5-10(16)12(14)11(6-7)19-20(17,18)9-3-1-8(15)2-4-9/h1-6,16H. The summed E-state index contributed by atoms with van der Waals surface area (Å²) in [7, 11) is -4.21. The first-order valence-electron chi connectivity index (χ1n) is 5.17. The fourth-order valence-corrected chi connectivity index (χ4v) is 2.71. The Balaban J connectivity index is 2.41. The van der Waals surface area contributed by atoms with Gasteiger partial charge in [0.1, 0.15) is 21.5 Å². The molecule has 0 atom stereocenters. The van der Waals surface area contributed by atoms with Crippen molar-refractivity contribution < 1.29 is 22.1 Å². The van der Waals surface area contributed by atoms with Gasteiger partial charge in [0, 0.05) is 17.2 Å². The van der Waals surface area contributed by atoms with Crippen LogP contribution in [0.4, 0.5) is 4.39 Å². The van der Waals surface area contributed by atoms with Gasteiger partial charge in [0.25, 0.3) is 0 Å². The molecule has 0 unspecified atom stereocenters. The monoisotopic (exact) mass is 336 g/mol. The van der Waals surface area contributed by atoms with Gasteiger partial charge in [-0.15, -0.1) is 0 Å². The van der Waals surface area contributed by atoms with Crippen LogP contribution in [0, 0.1) is 5.82 Å². The first kappa shape index (κ1) is 14.9. The van der Waals surface area contributed by atoms with Gasteiger partial charge >= 0.3 is 10.1 Å². The van der Waals surface area contributed by atoms with Crippen LogP contribution in [0.3, 0.4) is 0 Å². The lowest BCUT2D eigenvalue weighted by Crippen LogP contribution is -2.10. The summed E-state index contributed by atoms with van der Waals surface area (Å²) in [6.45, 7) is 0. The largest absolute Gasteiger partial charge is 0.506 e. The van der Waals surface area contributed by atoms with E-state index in [0.29, 0.717) is 0 Å². The predicted molar refractivity (Wildman–Crippen MR) is 72.3 cm³/mol. The Morgan fingerprint density at radius 2 is 1.70 bits per heavy atom. The Morgan fingerprint density at radius 3 is 2.30 bits per heavy atom. The van der Waals surface area contributed by atoms with Crippen LogP contribution in [0.2, 0.25) is 10.0 Å². The third-order valence-electron chi connectivity index (χ3n) is 2.29. The van der Waals surface area contributed by atoms with Gasteiger partial charge in [0.15, 0.2) is 5.75 Å². The molecule has 0 aromatic heterocycles. The maximum absolute atomic E-state index is 12.8. The normalized spacial score (nSPS) is 11.3. The molecule has 106 valence electrons. The second-order valence-electron chi connectivity index (χ2n) is 3.73. The fourth-order valence-electron chi connectivity index (χ4n) is 1.38. The number of halogens is 3. The van der Waals surface area contributed by atoms with Crippen LogP contribution < -0.4 is 4.18 Å². The van der Waals surface area contributed by atoms with Crippen LogP contribution in [0.25, 0.3) is 0 Å². The molecule has 0 saturated heterocycles. The lowest BCUT2D eigenvalue weighted by molar-refractivity contribution is 0.464. The topological polar surface area (TPSA) is 63.6 Å². The lowest BCUT2D eigenvalue weighted by atomic mass is 10.3. The highest BCUT2D eigenvalue weighted by atomic mass is 35.5. The van der Waals surface area contributed by atoms with Crippen molar-refractivity contribution in [1.82, 2.24) is 0 Å². The van der Waals surface area contributed by atoms with E-state index in [2.05, 4.69) is 0 Å². The molecule has 2 aromatic rings. The molecule has 0 heterocycles. The minimum Gasteiger partial charge on any atom is -0.506 e. The van der Waals surface area contributed by atoms with Crippen LogP contribution in [0.5, 0.6) is 11.5 Å². The summed E-state index contributed by atoms with van der Waals surface area (Å²) in [5.74, 6) is -1.31. The molecule has 2 rings (SSSR count). The van der Waals surface area contributed by atoms with Gasteiger partial charge in [-0.05, 0) is 24.3 Å². The molecule has 0 aliphatic rings. The SMILES string of the molecule is O=S(=O)(Oc1cc(Cl)cc(O)c1Cl)c1ccc(F)cc1. The molecule has 0 aliphatic heterocycles. The molecule has 0 spiro atoms. The van der Waals surface area contributed by atoms with E-state index in [-0.39, 0.29) is 20.7 Å². The molecule has 4 nitrogen and oxygen atoms in total. The zero-order valence-electron chi connectivity index (χ0n) is 9.68. The molecular weight excluding hydrogens is 330 g/mol. The first-order chi connectivity index (χ1) is 9.29. The summed E-state index contributed by atoms with van der Waals surface area (Å²) < 4.78 is 41.5. The van der Waals surface area contributed by atoms with E-state index in [0.717, 1.165) is 36.4 Å². The van der Waals surface area contributed by atoms with Gasteiger partial charge in [0.2, 0.25) is 0 Å². The highest BCUT2D eigenvalue weighted by Gasteiger charge is 2.20. The second-order valence-corrected chi connectivity index (χ2v) is 6.09. The molecule has 20 heavy (non-hydrogen) atoms. The third kappa shape index (κ3) is 3.15. The van der Waals surface area contributed by atoms with E-state index in [1.54, 1.807) is 0 Å². The number of phenols is 1. The summed E-state index contributed by atoms with van der Waals surface area (Å²) in [5, 5.41) is 9.20. The second kappa shape index (κ2) is 5.47. The molecule has 0 fully saturated rings. The Hall–Kier alpha value is -1.50. The van der Waals surface area contributed by atoms with Gasteiger partial charge in [-0.3, -0.25) is 0 Å². The van der Waals surface area contributed by atoms with E-state index >= 15 is 0 Å². The molecule has 2 aromatic carbocycles. The summed E-state index contributed by atoms with van der Waals surface area (Å²) in [5.41, 5.74) is 0. The van der Waals surface area contributed by atoms with Gasteiger partial charge in [-0.2, -0.15) is 8.42 Å². The molecule has 0 bridgehead atoms. The zero-order chi connectivity index (χ0) is 14.9. The summed E-state index contributed by atoms with van der Waals surface area (Å²) in [6.07, 6.45) is 0. The minimum atomic E-state index is -4.21. The predicted octanol–water partition coefficient (Wildman–Crippen LogP) is 3.61. The van der Waals surface area contributed by atoms with Crippen molar-refractivity contribution in [2.75, 3.05) is 0 Å². The molecule has 0 amide bonds. The van der Waals surface area contributed by atoms with Crippen molar-refractivity contribution in [2.24, 2.45) is 0 Å². The maximum Gasteiger partial charge on any atom is 0.339 e. The Kier molecular flexibility index (Phi) is 4.08. The molecule has 0 radical (unpaired) electrons. The minimum absolute atomic E-state index is 0.0520. The highest BCUT2D eigenvalue weighted by molar-refractivity contribution is 7.87. The fraction of sp³-hybridized carbons (Fsp3) is 0. The molecule has 0 saturated carbocycles. The average molecular weight is 337 g/mol. The van der Waals surface area contributed by atoms with Crippen molar-refractivity contribution in [3.05, 3.63) is 52.3 Å². The van der Waals surface area contributed by atoms with Gasteiger partial charge in [-0.1, -0.05) is 23.2 Å². The van der Waals surface area contributed by atoms with Crippen LogP contribution in [0.15, 0.2) is 41.3 Å². The Labute approximate surface area is 124 Å². The number of rotatable bonds is 3. The van der Waals surface area contributed by atoms with Crippen LogP contribution in [0.1, 0.15) is 0 Å². The van der Waals surface area contributed by atoms with Crippen molar-refractivity contribution in [2.45, 2.75) is 4.90 Å². The summed E-state index contributed by atoms with van der Waals surface area (Å²) in [4.78, 5) is -0.255. The van der Waals surface area contributed by atoms with Crippen molar-refractivity contribution in [1.29, 1.82) is 0 Å². The molecular formula is C12H7Cl2FO4S. The number of benzene rings is 2. The van der Waals surface area contributed by atoms with E-state index in [4.69, 9.17) is 27.4 Å². The van der Waals surface area contributed by atoms with Crippen molar-refractivity contribution in [3.8, 4) is 11.5 Å². The average Bonchev–Trinajstić information content (AvgIpc) is 2.35. The van der Waals surface area contributed by atoms with Crippen LogP contribution in [-0.4, -0.2) is 13.5 Å². The van der Waals surface area contributed by atoms with E-state index in [1.807, 2.05) is 0 Å². The van der Waals surface area contributed by atoms with Crippen LogP contribution >= 0.6 is 23.2 Å². The Bertz CT molecular complexity index is 745. The smallest absolute Gasteiger partial charge is 0.339 e. The Morgan fingerprint density at radius 1 is 1.10 bits per heavy atom. The van der Waals surface area contributed by atoms with Crippen molar-refractivity contribution in [3.63, 3.8) is 0 Å². The van der Waals surface area contributed by atoms with Gasteiger partial charge in [0.05, 0.1) is 0 Å². The van der Waals surface area contributed by atoms with Gasteiger partial charge < -0.3 is 9.29 Å². The number of phenolic OH excluding ortho intramolecular Hbond substituents is 1. The summed E-state index contributed by atoms with van der Waals surface area (Å²) >= 11 is 11.4. The quantitative estimate of drug-likeness (QED) is 0.869. The van der Waals surface area contributed by atoms with E-state index < -0.39 is 21.7 Å². The summed E-state index contributed by atoms with van der Waals surface area (Å²) in [6, 6.07) is 6.33. The van der Waals surface area contributed by atoms with Gasteiger partial charge in [-0.25, -0.2) is 4.39 Å². The maximum atomic E-state index is 12.8. The number of hydrogen-bond donors (Lipinski definition) is 1. The van der Waals surface area contributed by atoms with Crippen molar-refractivity contribution >= 4 is 33.3 Å². The molecule has 0 aliphatic carbocycles. The first-order valence-corrected chi connectivity index (χ1v) is 7.34. The molecule has 1 N–H and O–H groups in total. The lowest BCUT2D eigenvalue weighted by Gasteiger charge is -2.09. The van der Waals surface area contributed by atoms with Crippen LogP contribution in [-0.2, 0) is 10.1 Å². The third-order valence-corrected chi connectivity index (χ3v) is 4.13. The molecule has 8 heteroatoms. The van der Waals surface area contributed by atoms with E-state index in [9.17, 15) is 17.9 Å². The highest BCUT2D eigenvalue weighted by Crippen LogP contribution is 2.37. The number of hydrogen-bond acceptors (Lipinski definition) is 4. The number of aromatic hydroxyl groups is 1.